The van der Waals surface area contributed by atoms with Crippen LogP contribution in [-0.2, 0) is 17.5 Å². The van der Waals surface area contributed by atoms with Gasteiger partial charge in [0.2, 0.25) is 0 Å². The van der Waals surface area contributed by atoms with Crippen molar-refractivity contribution in [2.45, 2.75) is 12.7 Å². The molecular weight excluding hydrogens is 475 g/mol. The molecule has 0 unspecified atom stereocenters. The van der Waals surface area contributed by atoms with Crippen molar-refractivity contribution in [3.63, 3.8) is 0 Å². The van der Waals surface area contributed by atoms with Crippen LogP contribution in [-0.4, -0.2) is 69.1 Å². The van der Waals surface area contributed by atoms with Crippen molar-refractivity contribution in [3.8, 4) is 11.4 Å². The van der Waals surface area contributed by atoms with Gasteiger partial charge in [-0.2, -0.15) is 13.2 Å². The quantitative estimate of drug-likeness (QED) is 0.400. The Hall–Kier alpha value is -3.77. The van der Waals surface area contributed by atoms with Gasteiger partial charge in [0.25, 0.3) is 0 Å². The molecule has 12 heteroatoms. The SMILES string of the molecule is OCCNc1nc(-c2ccc(N3CCOCC3)nc2)nc2c1ncn2Cc1ccc(C(F)(F)F)cc1. The molecule has 1 aromatic carbocycles. The van der Waals surface area contributed by atoms with E-state index in [2.05, 4.69) is 25.2 Å². The van der Waals surface area contributed by atoms with Crippen molar-refractivity contribution in [2.24, 2.45) is 0 Å². The fourth-order valence-corrected chi connectivity index (χ4v) is 3.98. The van der Waals surface area contributed by atoms with E-state index in [0.717, 1.165) is 31.0 Å². The largest absolute Gasteiger partial charge is 0.416 e. The average molecular weight is 499 g/mol. The number of aromatic nitrogens is 5. The van der Waals surface area contributed by atoms with Crippen molar-refractivity contribution in [2.75, 3.05) is 49.7 Å². The molecule has 0 aliphatic carbocycles. The molecule has 4 aromatic rings. The number of halogens is 3. The van der Waals surface area contributed by atoms with Gasteiger partial charge in [0.05, 0.1) is 38.3 Å². The Kier molecular flexibility index (Phi) is 6.70. The minimum absolute atomic E-state index is 0.0944. The maximum absolute atomic E-state index is 12.9. The lowest BCUT2D eigenvalue weighted by atomic mass is 10.1. The second kappa shape index (κ2) is 10.1. The van der Waals surface area contributed by atoms with Crippen LogP contribution < -0.4 is 10.2 Å². The molecule has 36 heavy (non-hydrogen) atoms. The first-order valence-electron chi connectivity index (χ1n) is 11.5. The topological polar surface area (TPSA) is 101 Å². The van der Waals surface area contributed by atoms with Crippen LogP contribution in [0.25, 0.3) is 22.6 Å². The molecule has 9 nitrogen and oxygen atoms in total. The van der Waals surface area contributed by atoms with Gasteiger partial charge in [0, 0.05) is 31.4 Å². The van der Waals surface area contributed by atoms with Crippen molar-refractivity contribution >= 4 is 22.8 Å². The lowest BCUT2D eigenvalue weighted by Gasteiger charge is -2.27. The molecular formula is C24H24F3N7O2. The Bertz CT molecular complexity index is 1320. The van der Waals surface area contributed by atoms with Crippen molar-refractivity contribution in [3.05, 3.63) is 60.0 Å². The molecule has 5 rings (SSSR count). The van der Waals surface area contributed by atoms with Gasteiger partial charge < -0.3 is 24.6 Å². The van der Waals surface area contributed by atoms with Gasteiger partial charge in [-0.05, 0) is 29.8 Å². The second-order valence-electron chi connectivity index (χ2n) is 8.29. The summed E-state index contributed by atoms with van der Waals surface area (Å²) in [6.45, 7) is 3.31. The molecule has 1 aliphatic rings. The van der Waals surface area contributed by atoms with Gasteiger partial charge in [-0.3, -0.25) is 0 Å². The lowest BCUT2D eigenvalue weighted by Crippen LogP contribution is -2.36. The van der Waals surface area contributed by atoms with E-state index < -0.39 is 11.7 Å². The fraction of sp³-hybridized carbons (Fsp3) is 0.333. The predicted octanol–water partition coefficient (Wildman–Crippen LogP) is 3.20. The fourth-order valence-electron chi connectivity index (χ4n) is 3.98. The van der Waals surface area contributed by atoms with Gasteiger partial charge >= 0.3 is 6.18 Å². The molecule has 0 atom stereocenters. The summed E-state index contributed by atoms with van der Waals surface area (Å²) in [6, 6.07) is 8.81. The van der Waals surface area contributed by atoms with E-state index in [1.165, 1.54) is 12.1 Å². The monoisotopic (exact) mass is 499 g/mol. The van der Waals surface area contributed by atoms with Crippen LogP contribution in [0, 0.1) is 0 Å². The molecule has 0 bridgehead atoms. The molecule has 0 spiro atoms. The first kappa shape index (κ1) is 23.9. The number of anilines is 2. The van der Waals surface area contributed by atoms with E-state index in [9.17, 15) is 18.3 Å². The summed E-state index contributed by atoms with van der Waals surface area (Å²) in [5, 5.41) is 12.4. The number of hydrogen-bond donors (Lipinski definition) is 2. The number of hydrogen-bond acceptors (Lipinski definition) is 8. The molecule has 1 aliphatic heterocycles. The second-order valence-corrected chi connectivity index (χ2v) is 8.29. The lowest BCUT2D eigenvalue weighted by molar-refractivity contribution is -0.137. The highest BCUT2D eigenvalue weighted by Crippen LogP contribution is 2.30. The molecule has 0 amide bonds. The summed E-state index contributed by atoms with van der Waals surface area (Å²) in [4.78, 5) is 20.4. The number of pyridine rings is 1. The number of ether oxygens (including phenoxy) is 1. The number of aliphatic hydroxyl groups is 1. The highest BCUT2D eigenvalue weighted by Gasteiger charge is 2.30. The third kappa shape index (κ3) is 5.09. The number of aliphatic hydroxyl groups excluding tert-OH is 1. The molecule has 4 heterocycles. The summed E-state index contributed by atoms with van der Waals surface area (Å²) in [7, 11) is 0. The Morgan fingerprint density at radius 1 is 1.00 bits per heavy atom. The number of morpholine rings is 1. The van der Waals surface area contributed by atoms with Crippen molar-refractivity contribution in [1.82, 2.24) is 24.5 Å². The predicted molar refractivity (Wildman–Crippen MR) is 128 cm³/mol. The summed E-state index contributed by atoms with van der Waals surface area (Å²) in [5.41, 5.74) is 1.68. The van der Waals surface area contributed by atoms with Crippen LogP contribution in [0.2, 0.25) is 0 Å². The smallest absolute Gasteiger partial charge is 0.395 e. The van der Waals surface area contributed by atoms with Gasteiger partial charge in [-0.15, -0.1) is 0 Å². The van der Waals surface area contributed by atoms with E-state index in [-0.39, 0.29) is 19.7 Å². The first-order chi connectivity index (χ1) is 17.4. The molecule has 0 saturated carbocycles. The number of nitrogens with zero attached hydrogens (tertiary/aromatic N) is 6. The van der Waals surface area contributed by atoms with E-state index >= 15 is 0 Å². The third-order valence-corrected chi connectivity index (χ3v) is 5.84. The van der Waals surface area contributed by atoms with Crippen LogP contribution >= 0.6 is 0 Å². The van der Waals surface area contributed by atoms with Gasteiger partial charge in [0.1, 0.15) is 11.3 Å². The van der Waals surface area contributed by atoms with E-state index in [0.29, 0.717) is 47.1 Å². The summed E-state index contributed by atoms with van der Waals surface area (Å²) in [5.74, 6) is 1.71. The Balaban J connectivity index is 1.47. The average Bonchev–Trinajstić information content (AvgIpc) is 3.30. The number of fused-ring (bicyclic) bond motifs is 1. The van der Waals surface area contributed by atoms with E-state index in [1.807, 2.05) is 12.1 Å². The van der Waals surface area contributed by atoms with Crippen LogP contribution in [0.1, 0.15) is 11.1 Å². The van der Waals surface area contributed by atoms with Gasteiger partial charge in [-0.25, -0.2) is 19.9 Å². The van der Waals surface area contributed by atoms with Gasteiger partial charge in [-0.1, -0.05) is 12.1 Å². The minimum atomic E-state index is -4.39. The normalized spacial score (nSPS) is 14.4. The zero-order valence-electron chi connectivity index (χ0n) is 19.2. The number of benzene rings is 1. The van der Waals surface area contributed by atoms with Gasteiger partial charge in [0.15, 0.2) is 17.3 Å². The van der Waals surface area contributed by atoms with Crippen LogP contribution in [0.15, 0.2) is 48.9 Å². The zero-order valence-corrected chi connectivity index (χ0v) is 19.2. The molecule has 0 radical (unpaired) electrons. The minimum Gasteiger partial charge on any atom is -0.395 e. The number of rotatable bonds is 7. The highest BCUT2D eigenvalue weighted by molar-refractivity contribution is 5.85. The van der Waals surface area contributed by atoms with Crippen molar-refractivity contribution < 1.29 is 23.0 Å². The van der Waals surface area contributed by atoms with Crippen molar-refractivity contribution in [1.29, 1.82) is 0 Å². The summed E-state index contributed by atoms with van der Waals surface area (Å²) < 4.78 is 45.9. The van der Waals surface area contributed by atoms with Crippen LogP contribution in [0.3, 0.4) is 0 Å². The third-order valence-electron chi connectivity index (χ3n) is 5.84. The molecule has 188 valence electrons. The number of alkyl halides is 3. The first-order valence-corrected chi connectivity index (χ1v) is 11.5. The molecule has 2 N–H and O–H groups in total. The zero-order chi connectivity index (χ0) is 25.1. The summed E-state index contributed by atoms with van der Waals surface area (Å²) in [6.07, 6.45) is -1.11. The highest BCUT2D eigenvalue weighted by atomic mass is 19.4. The molecule has 1 saturated heterocycles. The molecule has 3 aromatic heterocycles. The summed E-state index contributed by atoms with van der Waals surface area (Å²) >= 11 is 0. The molecule has 1 fully saturated rings. The Morgan fingerprint density at radius 2 is 1.78 bits per heavy atom. The number of imidazole rings is 1. The maximum Gasteiger partial charge on any atom is 0.416 e. The van der Waals surface area contributed by atoms with Crippen LogP contribution in [0.5, 0.6) is 0 Å². The Labute approximate surface area is 204 Å². The van der Waals surface area contributed by atoms with E-state index in [1.54, 1.807) is 17.1 Å². The Morgan fingerprint density at radius 3 is 2.44 bits per heavy atom. The van der Waals surface area contributed by atoms with Crippen LogP contribution in [0.4, 0.5) is 24.8 Å². The standard InChI is InChI=1S/C24H24F3N7O2/c25-24(26,27)18-4-1-16(2-5-18)14-34-15-30-20-22(28-7-10-35)31-21(32-23(20)34)17-3-6-19(29-13-17)33-8-11-36-12-9-33/h1-6,13,15,35H,7-12,14H2,(H,28,31,32). The number of nitrogens with one attached hydrogen (secondary N) is 1. The maximum atomic E-state index is 12.9. The van der Waals surface area contributed by atoms with E-state index in [4.69, 9.17) is 9.72 Å².